The van der Waals surface area contributed by atoms with E-state index in [4.69, 9.17) is 0 Å². The molecule has 0 spiro atoms. The lowest BCUT2D eigenvalue weighted by Crippen LogP contribution is -2.25. The first-order valence-electron chi connectivity index (χ1n) is 9.65. The number of hydrogen-bond donors (Lipinski definition) is 3. The van der Waals surface area contributed by atoms with Crippen LogP contribution in [0.5, 0.6) is 0 Å². The Morgan fingerprint density at radius 2 is 1.70 bits per heavy atom. The highest BCUT2D eigenvalue weighted by Gasteiger charge is 2.23. The van der Waals surface area contributed by atoms with Crippen molar-refractivity contribution in [3.63, 3.8) is 0 Å². The van der Waals surface area contributed by atoms with E-state index in [2.05, 4.69) is 46.8 Å². The second kappa shape index (κ2) is 9.24. The average Bonchev–Trinajstić information content (AvgIpc) is 3.02. The van der Waals surface area contributed by atoms with Crippen molar-refractivity contribution in [3.8, 4) is 0 Å². The summed E-state index contributed by atoms with van der Waals surface area (Å²) in [5.74, 6) is -0.0739. The Morgan fingerprint density at radius 1 is 1.00 bits per heavy atom. The highest BCUT2D eigenvalue weighted by molar-refractivity contribution is 6.31. The Labute approximate surface area is 161 Å². The molecule has 0 aromatic heterocycles. The normalized spacial score (nSPS) is 14.3. The molecule has 142 valence electrons. The molecular formula is C22H28N4O. The van der Waals surface area contributed by atoms with Gasteiger partial charge in [-0.1, -0.05) is 32.0 Å². The first kappa shape index (κ1) is 19.0. The van der Waals surface area contributed by atoms with Gasteiger partial charge in [0.25, 0.3) is 5.91 Å². The minimum Gasteiger partial charge on any atom is -0.385 e. The van der Waals surface area contributed by atoms with Gasteiger partial charge in [-0.15, -0.1) is 0 Å². The fourth-order valence-corrected chi connectivity index (χ4v) is 3.20. The number of carbonyl (C=O) groups is 1. The van der Waals surface area contributed by atoms with Gasteiger partial charge in [0.15, 0.2) is 0 Å². The highest BCUT2D eigenvalue weighted by atomic mass is 16.2. The van der Waals surface area contributed by atoms with E-state index in [0.717, 1.165) is 55.2 Å². The van der Waals surface area contributed by atoms with Crippen LogP contribution in [0.4, 0.5) is 17.1 Å². The van der Waals surface area contributed by atoms with E-state index in [1.165, 1.54) is 0 Å². The van der Waals surface area contributed by atoms with Gasteiger partial charge >= 0.3 is 0 Å². The molecule has 1 heterocycles. The summed E-state index contributed by atoms with van der Waals surface area (Å²) in [5, 5.41) is 9.56. The molecule has 0 unspecified atom stereocenters. The second-order valence-electron chi connectivity index (χ2n) is 6.59. The summed E-state index contributed by atoms with van der Waals surface area (Å²) >= 11 is 0. The van der Waals surface area contributed by atoms with Gasteiger partial charge in [-0.25, -0.2) is 0 Å². The zero-order chi connectivity index (χ0) is 19.1. The Bertz CT molecular complexity index is 794. The van der Waals surface area contributed by atoms with Gasteiger partial charge in [0.1, 0.15) is 0 Å². The van der Waals surface area contributed by atoms with Crippen LogP contribution in [0.3, 0.4) is 0 Å². The zero-order valence-electron chi connectivity index (χ0n) is 16.1. The van der Waals surface area contributed by atoms with Crippen molar-refractivity contribution in [2.75, 3.05) is 42.1 Å². The van der Waals surface area contributed by atoms with Gasteiger partial charge in [-0.2, -0.15) is 0 Å². The smallest absolute Gasteiger partial charge is 0.257 e. The largest absolute Gasteiger partial charge is 0.385 e. The molecule has 3 rings (SSSR count). The van der Waals surface area contributed by atoms with Crippen molar-refractivity contribution < 1.29 is 4.79 Å². The lowest BCUT2D eigenvalue weighted by Gasteiger charge is -2.18. The van der Waals surface area contributed by atoms with Crippen LogP contribution in [0.15, 0.2) is 54.7 Å². The number of benzene rings is 2. The van der Waals surface area contributed by atoms with Crippen molar-refractivity contribution in [2.45, 2.75) is 20.3 Å². The molecule has 0 aliphatic carbocycles. The fraction of sp³-hybridized carbons (Fsp3) is 0.318. The van der Waals surface area contributed by atoms with E-state index in [1.54, 1.807) is 6.20 Å². The third-order valence-electron chi connectivity index (χ3n) is 4.85. The predicted molar refractivity (Wildman–Crippen MR) is 114 cm³/mol. The molecule has 2 aromatic rings. The van der Waals surface area contributed by atoms with Crippen molar-refractivity contribution in [1.82, 2.24) is 4.90 Å². The first-order chi connectivity index (χ1) is 13.2. The summed E-state index contributed by atoms with van der Waals surface area (Å²) in [6.45, 7) is 8.70. The maximum Gasteiger partial charge on any atom is 0.257 e. The second-order valence-corrected chi connectivity index (χ2v) is 6.59. The standard InChI is InChI=1S/C22H28N4O/c1-3-26(4-2)15-7-14-23-17-10-12-18(13-11-17)24-16-20-19-8-5-6-9-21(19)25-22(20)27/h5-6,8-13,16,23-24H,3-4,7,14-15H2,1-2H3,(H,25,27). The van der Waals surface area contributed by atoms with Crippen LogP contribution in [0.1, 0.15) is 25.8 Å². The maximum atomic E-state index is 12.1. The molecule has 1 aliphatic heterocycles. The molecule has 5 nitrogen and oxygen atoms in total. The number of nitrogens with zero attached hydrogens (tertiary/aromatic N) is 1. The Balaban J connectivity index is 1.52. The number of hydrogen-bond acceptors (Lipinski definition) is 4. The Morgan fingerprint density at radius 3 is 2.44 bits per heavy atom. The van der Waals surface area contributed by atoms with Gasteiger partial charge in [0.2, 0.25) is 0 Å². The molecule has 0 atom stereocenters. The number of anilines is 3. The van der Waals surface area contributed by atoms with E-state index in [0.29, 0.717) is 5.57 Å². The minimum absolute atomic E-state index is 0.0739. The molecule has 0 saturated carbocycles. The minimum atomic E-state index is -0.0739. The molecule has 0 radical (unpaired) electrons. The number of carbonyl (C=O) groups excluding carboxylic acids is 1. The van der Waals surface area contributed by atoms with E-state index < -0.39 is 0 Å². The SMILES string of the molecule is CCN(CC)CCCNc1ccc(NC=C2C(=O)Nc3ccccc32)cc1. The molecule has 1 amide bonds. The van der Waals surface area contributed by atoms with E-state index in [9.17, 15) is 4.79 Å². The molecular weight excluding hydrogens is 336 g/mol. The van der Waals surface area contributed by atoms with Crippen LogP contribution in [-0.2, 0) is 4.79 Å². The summed E-state index contributed by atoms with van der Waals surface area (Å²) in [6.07, 6.45) is 2.90. The number of amides is 1. The van der Waals surface area contributed by atoms with Gasteiger partial charge < -0.3 is 20.9 Å². The van der Waals surface area contributed by atoms with Gasteiger partial charge in [0, 0.05) is 35.4 Å². The molecule has 27 heavy (non-hydrogen) atoms. The van der Waals surface area contributed by atoms with E-state index in [1.807, 2.05) is 36.4 Å². The third-order valence-corrected chi connectivity index (χ3v) is 4.85. The van der Waals surface area contributed by atoms with Crippen molar-refractivity contribution in [3.05, 3.63) is 60.3 Å². The van der Waals surface area contributed by atoms with Crippen LogP contribution < -0.4 is 16.0 Å². The zero-order valence-corrected chi connectivity index (χ0v) is 16.1. The average molecular weight is 364 g/mol. The molecule has 0 saturated heterocycles. The molecule has 0 fully saturated rings. The molecule has 0 bridgehead atoms. The Kier molecular flexibility index (Phi) is 6.49. The topological polar surface area (TPSA) is 56.4 Å². The van der Waals surface area contributed by atoms with Gasteiger partial charge in [0.05, 0.1) is 5.57 Å². The van der Waals surface area contributed by atoms with Crippen molar-refractivity contribution >= 4 is 28.5 Å². The van der Waals surface area contributed by atoms with E-state index in [-0.39, 0.29) is 5.91 Å². The molecule has 5 heteroatoms. The fourth-order valence-electron chi connectivity index (χ4n) is 3.20. The number of nitrogens with one attached hydrogen (secondary N) is 3. The maximum absolute atomic E-state index is 12.1. The van der Waals surface area contributed by atoms with Crippen LogP contribution in [0.25, 0.3) is 5.57 Å². The molecule has 2 aromatic carbocycles. The van der Waals surface area contributed by atoms with Gasteiger partial charge in [-0.3, -0.25) is 4.79 Å². The first-order valence-corrected chi connectivity index (χ1v) is 9.65. The Hall–Kier alpha value is -2.79. The van der Waals surface area contributed by atoms with Crippen LogP contribution in [0.2, 0.25) is 0 Å². The third kappa shape index (κ3) is 4.89. The van der Waals surface area contributed by atoms with Crippen LogP contribution in [-0.4, -0.2) is 37.0 Å². The summed E-state index contributed by atoms with van der Waals surface area (Å²) < 4.78 is 0. The predicted octanol–water partition coefficient (Wildman–Crippen LogP) is 4.24. The van der Waals surface area contributed by atoms with Crippen LogP contribution in [0, 0.1) is 0 Å². The molecule has 1 aliphatic rings. The van der Waals surface area contributed by atoms with Crippen molar-refractivity contribution in [1.29, 1.82) is 0 Å². The number of para-hydroxylation sites is 1. The van der Waals surface area contributed by atoms with E-state index >= 15 is 0 Å². The summed E-state index contributed by atoms with van der Waals surface area (Å²) in [4.78, 5) is 14.5. The molecule has 3 N–H and O–H groups in total. The summed E-state index contributed by atoms with van der Waals surface area (Å²) in [6, 6.07) is 15.9. The van der Waals surface area contributed by atoms with Crippen LogP contribution >= 0.6 is 0 Å². The highest BCUT2D eigenvalue weighted by Crippen LogP contribution is 2.31. The van der Waals surface area contributed by atoms with Gasteiger partial charge in [-0.05, 0) is 56.4 Å². The summed E-state index contributed by atoms with van der Waals surface area (Å²) in [7, 11) is 0. The lowest BCUT2D eigenvalue weighted by molar-refractivity contribution is -0.110. The monoisotopic (exact) mass is 364 g/mol. The number of rotatable bonds is 9. The quantitative estimate of drug-likeness (QED) is 0.460. The summed E-state index contributed by atoms with van der Waals surface area (Å²) in [5.41, 5.74) is 4.51. The lowest BCUT2D eigenvalue weighted by atomic mass is 10.1. The van der Waals surface area contributed by atoms with Crippen molar-refractivity contribution in [2.24, 2.45) is 0 Å². The number of fused-ring (bicyclic) bond motifs is 1.